The molecule has 3 aliphatic rings. The lowest BCUT2D eigenvalue weighted by atomic mass is 9.62. The molecule has 198 valence electrons. The fraction of sp³-hybridized carbons (Fsp3) is 0.607. The Labute approximate surface area is 218 Å². The van der Waals surface area contributed by atoms with E-state index >= 15 is 0 Å². The van der Waals surface area contributed by atoms with Crippen LogP contribution in [0.5, 0.6) is 5.88 Å². The molecule has 3 heterocycles. The van der Waals surface area contributed by atoms with Gasteiger partial charge in [-0.05, 0) is 77.9 Å². The Bertz CT molecular complexity index is 1250. The molecule has 2 aromatic rings. The highest BCUT2D eigenvalue weighted by atomic mass is 16.5. The van der Waals surface area contributed by atoms with Crippen molar-refractivity contribution < 1.29 is 14.3 Å². The highest BCUT2D eigenvalue weighted by Crippen LogP contribution is 2.45. The quantitative estimate of drug-likeness (QED) is 0.483. The molecule has 0 amide bonds. The maximum atomic E-state index is 13.7. The minimum absolute atomic E-state index is 0.0612. The molecule has 9 heteroatoms. The largest absolute Gasteiger partial charge is 0.473 e. The Morgan fingerprint density at radius 2 is 1.92 bits per heavy atom. The Morgan fingerprint density at radius 3 is 2.59 bits per heavy atom. The maximum absolute atomic E-state index is 13.7. The average Bonchev–Trinajstić information content (AvgIpc) is 3.45. The molecule has 1 aliphatic heterocycles. The highest BCUT2D eigenvalue weighted by Gasteiger charge is 2.49. The van der Waals surface area contributed by atoms with Crippen molar-refractivity contribution in [1.82, 2.24) is 24.6 Å². The van der Waals surface area contributed by atoms with Crippen LogP contribution in [0, 0.1) is 12.3 Å². The zero-order chi connectivity index (χ0) is 26.3. The number of nitrogens with zero attached hydrogens (tertiary/aromatic N) is 5. The first-order valence-electron chi connectivity index (χ1n) is 13.5. The molecule has 0 radical (unpaired) electrons. The third-order valence-corrected chi connectivity index (χ3v) is 8.48. The van der Waals surface area contributed by atoms with Crippen molar-refractivity contribution >= 4 is 17.3 Å². The van der Waals surface area contributed by atoms with Crippen LogP contribution >= 0.6 is 0 Å². The van der Waals surface area contributed by atoms with Gasteiger partial charge in [0.1, 0.15) is 17.6 Å². The Hall–Kier alpha value is -3.07. The normalized spacial score (nSPS) is 27.1. The molecule has 1 saturated heterocycles. The molecule has 9 nitrogen and oxygen atoms in total. The van der Waals surface area contributed by atoms with Crippen molar-refractivity contribution in [3.8, 4) is 17.3 Å². The number of likely N-dealkylation sites (N-methyl/N-ethyl adjacent to an activating group) is 1. The number of ketones is 2. The SMILES string of the molecule is Cc1cn(C)nc1-c1cc(O[C@@H](C)[C@@H]2CCCN2C)nc(C(N)=C2CCC[C@@]3(CCCCC3=O)C2=O)n1. The van der Waals surface area contributed by atoms with Gasteiger partial charge in [0.15, 0.2) is 11.6 Å². The summed E-state index contributed by atoms with van der Waals surface area (Å²) in [7, 11) is 3.98. The molecule has 2 aromatic heterocycles. The number of hydrogen-bond donors (Lipinski definition) is 1. The number of nitrogens with two attached hydrogens (primary N) is 1. The highest BCUT2D eigenvalue weighted by molar-refractivity contribution is 6.17. The summed E-state index contributed by atoms with van der Waals surface area (Å²) in [4.78, 5) is 38.5. The predicted molar refractivity (Wildman–Crippen MR) is 141 cm³/mol. The number of aromatic nitrogens is 4. The molecule has 2 aliphatic carbocycles. The van der Waals surface area contributed by atoms with Gasteiger partial charge in [0.05, 0.1) is 16.8 Å². The number of carbonyl (C=O) groups is 2. The van der Waals surface area contributed by atoms with Crippen LogP contribution in [0.4, 0.5) is 0 Å². The van der Waals surface area contributed by atoms with Crippen LogP contribution in [0.1, 0.15) is 76.1 Å². The van der Waals surface area contributed by atoms with Crippen molar-refractivity contribution in [2.24, 2.45) is 18.2 Å². The maximum Gasteiger partial charge on any atom is 0.217 e. The van der Waals surface area contributed by atoms with Gasteiger partial charge in [-0.15, -0.1) is 0 Å². The smallest absolute Gasteiger partial charge is 0.217 e. The number of allylic oxidation sites excluding steroid dienone is 1. The van der Waals surface area contributed by atoms with E-state index in [2.05, 4.69) is 29.0 Å². The van der Waals surface area contributed by atoms with E-state index in [0.717, 1.165) is 44.2 Å². The van der Waals surface area contributed by atoms with Crippen molar-refractivity contribution in [2.45, 2.75) is 83.8 Å². The van der Waals surface area contributed by atoms with Crippen molar-refractivity contribution in [3.05, 3.63) is 29.2 Å². The lowest BCUT2D eigenvalue weighted by molar-refractivity contribution is -0.143. The molecule has 0 unspecified atom stereocenters. The van der Waals surface area contributed by atoms with E-state index in [4.69, 9.17) is 15.5 Å². The van der Waals surface area contributed by atoms with E-state index in [9.17, 15) is 9.59 Å². The number of Topliss-reactive ketones (excluding diaryl/α,β-unsaturated/α-hetero) is 2. The Kier molecular flexibility index (Phi) is 6.91. The zero-order valence-electron chi connectivity index (χ0n) is 22.4. The van der Waals surface area contributed by atoms with Gasteiger partial charge in [0, 0.05) is 37.3 Å². The second-order valence-corrected chi connectivity index (χ2v) is 11.0. The molecule has 5 rings (SSSR count). The molecule has 2 N–H and O–H groups in total. The first-order valence-corrected chi connectivity index (χ1v) is 13.5. The van der Waals surface area contributed by atoms with E-state index in [1.54, 1.807) is 10.7 Å². The van der Waals surface area contributed by atoms with Gasteiger partial charge in [-0.3, -0.25) is 19.2 Å². The van der Waals surface area contributed by atoms with Crippen LogP contribution < -0.4 is 10.5 Å². The standard InChI is InChI=1S/C28H38N6O3/c1-17-16-34(4)32-25(17)20-15-23(37-18(2)21-10-8-14-33(21)3)31-27(30-20)24(29)19-9-7-13-28(26(19)36)12-6-5-11-22(28)35/h15-16,18,21H,5-14,29H2,1-4H3/t18-,21-,28+/m0/s1. The Morgan fingerprint density at radius 1 is 1.14 bits per heavy atom. The summed E-state index contributed by atoms with van der Waals surface area (Å²) >= 11 is 0. The fourth-order valence-electron chi connectivity index (χ4n) is 6.46. The van der Waals surface area contributed by atoms with Crippen LogP contribution in [0.3, 0.4) is 0 Å². The molecular weight excluding hydrogens is 468 g/mol. The minimum atomic E-state index is -0.924. The molecule has 37 heavy (non-hydrogen) atoms. The second kappa shape index (κ2) is 10.0. The summed E-state index contributed by atoms with van der Waals surface area (Å²) in [6.07, 6.45) is 8.76. The summed E-state index contributed by atoms with van der Waals surface area (Å²) in [5, 5.41) is 4.59. The van der Waals surface area contributed by atoms with Gasteiger partial charge >= 0.3 is 0 Å². The molecule has 0 bridgehead atoms. The topological polar surface area (TPSA) is 116 Å². The van der Waals surface area contributed by atoms with Crippen LogP contribution in [-0.4, -0.2) is 62.0 Å². The van der Waals surface area contributed by atoms with E-state index in [0.29, 0.717) is 54.6 Å². The van der Waals surface area contributed by atoms with Crippen LogP contribution in [0.2, 0.25) is 0 Å². The third-order valence-electron chi connectivity index (χ3n) is 8.48. The first kappa shape index (κ1) is 25.6. The Balaban J connectivity index is 1.56. The van der Waals surface area contributed by atoms with Crippen LogP contribution in [0.15, 0.2) is 17.8 Å². The molecule has 3 fully saturated rings. The molecule has 0 aromatic carbocycles. The third kappa shape index (κ3) is 4.69. The minimum Gasteiger partial charge on any atom is -0.473 e. The summed E-state index contributed by atoms with van der Waals surface area (Å²) in [6.45, 7) is 5.09. The van der Waals surface area contributed by atoms with Gasteiger partial charge in [-0.2, -0.15) is 10.1 Å². The molecule has 3 atom stereocenters. The lowest BCUT2D eigenvalue weighted by Crippen LogP contribution is -2.45. The summed E-state index contributed by atoms with van der Waals surface area (Å²) < 4.78 is 8.11. The van der Waals surface area contributed by atoms with Gasteiger partial charge in [0.25, 0.3) is 0 Å². The van der Waals surface area contributed by atoms with E-state index in [1.165, 1.54) is 0 Å². The fourth-order valence-corrected chi connectivity index (χ4v) is 6.46. The van der Waals surface area contributed by atoms with Gasteiger partial charge in [-0.25, -0.2) is 4.98 Å². The van der Waals surface area contributed by atoms with Gasteiger partial charge in [0.2, 0.25) is 5.88 Å². The average molecular weight is 507 g/mol. The summed E-state index contributed by atoms with van der Waals surface area (Å²) in [5.41, 5.74) is 8.74. The predicted octanol–water partition coefficient (Wildman–Crippen LogP) is 3.60. The summed E-state index contributed by atoms with van der Waals surface area (Å²) in [6, 6.07) is 2.10. The summed E-state index contributed by atoms with van der Waals surface area (Å²) in [5.74, 6) is 0.597. The molecular formula is C28H38N6O3. The van der Waals surface area contributed by atoms with Crippen molar-refractivity contribution in [1.29, 1.82) is 0 Å². The van der Waals surface area contributed by atoms with Gasteiger partial charge in [-0.1, -0.05) is 6.42 Å². The number of carbonyl (C=O) groups excluding carboxylic acids is 2. The first-order chi connectivity index (χ1) is 17.7. The van der Waals surface area contributed by atoms with Crippen molar-refractivity contribution in [2.75, 3.05) is 13.6 Å². The van der Waals surface area contributed by atoms with E-state index in [-0.39, 0.29) is 29.2 Å². The number of likely N-dealkylation sites (tertiary alicyclic amines) is 1. The van der Waals surface area contributed by atoms with E-state index in [1.807, 2.05) is 20.2 Å². The lowest BCUT2D eigenvalue weighted by Gasteiger charge is -2.38. The number of hydrogen-bond acceptors (Lipinski definition) is 8. The second-order valence-electron chi connectivity index (χ2n) is 11.0. The van der Waals surface area contributed by atoms with Crippen LogP contribution in [-0.2, 0) is 16.6 Å². The monoisotopic (exact) mass is 506 g/mol. The number of rotatable bonds is 5. The molecule has 2 saturated carbocycles. The molecule has 1 spiro atoms. The zero-order valence-corrected chi connectivity index (χ0v) is 22.4. The van der Waals surface area contributed by atoms with E-state index < -0.39 is 5.41 Å². The number of ether oxygens (including phenoxy) is 1. The van der Waals surface area contributed by atoms with Crippen LogP contribution in [0.25, 0.3) is 17.1 Å². The number of aryl methyl sites for hydroxylation is 2. The van der Waals surface area contributed by atoms with Crippen molar-refractivity contribution in [3.63, 3.8) is 0 Å². The van der Waals surface area contributed by atoms with Gasteiger partial charge < -0.3 is 10.5 Å².